The minimum atomic E-state index is -1.19. The van der Waals surface area contributed by atoms with Gasteiger partial charge in [-0.3, -0.25) is 4.79 Å². The summed E-state index contributed by atoms with van der Waals surface area (Å²) in [6.07, 6.45) is 0. The third kappa shape index (κ3) is 2.52. The second-order valence-corrected chi connectivity index (χ2v) is 4.70. The molecule has 0 spiro atoms. The SMILES string of the molecule is CCOC(=O)C(C)(c1cc(F)ccc1F)C(C)C. The van der Waals surface area contributed by atoms with E-state index in [1.54, 1.807) is 27.7 Å². The first-order valence-corrected chi connectivity index (χ1v) is 5.96. The molecule has 0 radical (unpaired) electrons. The minimum Gasteiger partial charge on any atom is -0.465 e. The van der Waals surface area contributed by atoms with Crippen molar-refractivity contribution >= 4 is 5.97 Å². The lowest BCUT2D eigenvalue weighted by molar-refractivity contribution is -0.151. The zero-order chi connectivity index (χ0) is 13.9. The molecule has 0 fully saturated rings. The van der Waals surface area contributed by atoms with Crippen molar-refractivity contribution in [2.75, 3.05) is 6.61 Å². The molecule has 1 rings (SSSR count). The molecule has 0 aliphatic heterocycles. The van der Waals surface area contributed by atoms with E-state index < -0.39 is 23.0 Å². The summed E-state index contributed by atoms with van der Waals surface area (Å²) in [6, 6.07) is 3.13. The Balaban J connectivity index is 3.35. The fourth-order valence-electron chi connectivity index (χ4n) is 1.83. The lowest BCUT2D eigenvalue weighted by Crippen LogP contribution is -2.40. The molecule has 0 aliphatic rings. The van der Waals surface area contributed by atoms with Gasteiger partial charge in [0.25, 0.3) is 0 Å². The van der Waals surface area contributed by atoms with Gasteiger partial charge in [0.15, 0.2) is 0 Å². The van der Waals surface area contributed by atoms with Gasteiger partial charge in [-0.1, -0.05) is 13.8 Å². The average molecular weight is 256 g/mol. The van der Waals surface area contributed by atoms with E-state index in [1.165, 1.54) is 0 Å². The van der Waals surface area contributed by atoms with E-state index in [1.807, 2.05) is 0 Å². The van der Waals surface area contributed by atoms with E-state index in [9.17, 15) is 13.6 Å². The smallest absolute Gasteiger partial charge is 0.316 e. The lowest BCUT2D eigenvalue weighted by atomic mass is 9.73. The molecule has 0 N–H and O–H groups in total. The summed E-state index contributed by atoms with van der Waals surface area (Å²) < 4.78 is 32.1. The summed E-state index contributed by atoms with van der Waals surface area (Å²) in [5, 5.41) is 0. The summed E-state index contributed by atoms with van der Waals surface area (Å²) in [5.41, 5.74) is -1.15. The average Bonchev–Trinajstić information content (AvgIpc) is 2.31. The summed E-state index contributed by atoms with van der Waals surface area (Å²) in [7, 11) is 0. The molecule has 0 saturated heterocycles. The molecule has 18 heavy (non-hydrogen) atoms. The van der Waals surface area contributed by atoms with Crippen LogP contribution in [0.1, 0.15) is 33.3 Å². The van der Waals surface area contributed by atoms with Crippen LogP contribution in [0.2, 0.25) is 0 Å². The fourth-order valence-corrected chi connectivity index (χ4v) is 1.83. The highest BCUT2D eigenvalue weighted by molar-refractivity contribution is 5.83. The molecule has 1 aromatic carbocycles. The van der Waals surface area contributed by atoms with E-state index >= 15 is 0 Å². The Morgan fingerprint density at radius 2 is 2.00 bits per heavy atom. The molecule has 0 saturated carbocycles. The van der Waals surface area contributed by atoms with Gasteiger partial charge < -0.3 is 4.74 Å². The van der Waals surface area contributed by atoms with Crippen molar-refractivity contribution in [1.82, 2.24) is 0 Å². The Morgan fingerprint density at radius 1 is 1.39 bits per heavy atom. The predicted octanol–water partition coefficient (Wildman–Crippen LogP) is 3.44. The lowest BCUT2D eigenvalue weighted by Gasteiger charge is -2.32. The number of carbonyl (C=O) groups excluding carboxylic acids is 1. The molecule has 0 bridgehead atoms. The fraction of sp³-hybridized carbons (Fsp3) is 0.500. The highest BCUT2D eigenvalue weighted by Gasteiger charge is 2.42. The van der Waals surface area contributed by atoms with Crippen LogP contribution < -0.4 is 0 Å². The number of ether oxygens (including phenoxy) is 1. The normalized spacial score (nSPS) is 14.4. The molecule has 0 aliphatic carbocycles. The van der Waals surface area contributed by atoms with Gasteiger partial charge in [-0.15, -0.1) is 0 Å². The van der Waals surface area contributed by atoms with Crippen molar-refractivity contribution in [2.45, 2.75) is 33.1 Å². The van der Waals surface area contributed by atoms with Crippen LogP contribution in [0.15, 0.2) is 18.2 Å². The number of hydrogen-bond donors (Lipinski definition) is 0. The maximum absolute atomic E-state index is 13.9. The van der Waals surface area contributed by atoms with Crippen LogP contribution in [0.25, 0.3) is 0 Å². The monoisotopic (exact) mass is 256 g/mol. The molecule has 4 heteroatoms. The van der Waals surface area contributed by atoms with Gasteiger partial charge in [0.1, 0.15) is 11.6 Å². The summed E-state index contributed by atoms with van der Waals surface area (Å²) in [4.78, 5) is 12.1. The van der Waals surface area contributed by atoms with Gasteiger partial charge in [-0.2, -0.15) is 0 Å². The van der Waals surface area contributed by atoms with Gasteiger partial charge in [-0.25, -0.2) is 8.78 Å². The van der Waals surface area contributed by atoms with Gasteiger partial charge in [0.05, 0.1) is 12.0 Å². The molecule has 2 nitrogen and oxygen atoms in total. The van der Waals surface area contributed by atoms with E-state index in [4.69, 9.17) is 4.74 Å². The molecule has 0 heterocycles. The van der Waals surface area contributed by atoms with Crippen molar-refractivity contribution in [2.24, 2.45) is 5.92 Å². The summed E-state index contributed by atoms with van der Waals surface area (Å²) in [5.74, 6) is -1.92. The van der Waals surface area contributed by atoms with Gasteiger partial charge >= 0.3 is 5.97 Å². The number of esters is 1. The number of rotatable bonds is 4. The Bertz CT molecular complexity index is 443. The maximum atomic E-state index is 13.9. The Hall–Kier alpha value is -1.45. The largest absolute Gasteiger partial charge is 0.465 e. The third-order valence-electron chi connectivity index (χ3n) is 3.34. The van der Waals surface area contributed by atoms with Crippen LogP contribution in [-0.4, -0.2) is 12.6 Å². The molecule has 0 aromatic heterocycles. The second kappa shape index (κ2) is 5.46. The first-order chi connectivity index (χ1) is 8.33. The zero-order valence-corrected chi connectivity index (χ0v) is 11.1. The van der Waals surface area contributed by atoms with Crippen LogP contribution in [0.3, 0.4) is 0 Å². The minimum absolute atomic E-state index is 0.0379. The van der Waals surface area contributed by atoms with E-state index in [-0.39, 0.29) is 18.1 Å². The highest BCUT2D eigenvalue weighted by Crippen LogP contribution is 2.35. The molecule has 1 atom stereocenters. The van der Waals surface area contributed by atoms with Crippen LogP contribution in [-0.2, 0) is 14.9 Å². The molecule has 1 unspecified atom stereocenters. The molecular weight excluding hydrogens is 238 g/mol. The number of halogens is 2. The van der Waals surface area contributed by atoms with Gasteiger partial charge in [0.2, 0.25) is 0 Å². The van der Waals surface area contributed by atoms with Crippen LogP contribution in [0, 0.1) is 17.6 Å². The third-order valence-corrected chi connectivity index (χ3v) is 3.34. The molecular formula is C14H18F2O2. The first kappa shape index (κ1) is 14.6. The molecule has 1 aromatic rings. The number of hydrogen-bond acceptors (Lipinski definition) is 2. The number of carbonyl (C=O) groups is 1. The quantitative estimate of drug-likeness (QED) is 0.771. The summed E-state index contributed by atoms with van der Waals surface area (Å²) in [6.45, 7) is 7.02. The van der Waals surface area contributed by atoms with Crippen LogP contribution >= 0.6 is 0 Å². The second-order valence-electron chi connectivity index (χ2n) is 4.70. The standard InChI is InChI=1S/C14H18F2O2/c1-5-18-13(17)14(4,9(2)3)11-8-10(15)6-7-12(11)16/h6-9H,5H2,1-4H3. The predicted molar refractivity (Wildman–Crippen MR) is 65.2 cm³/mol. The highest BCUT2D eigenvalue weighted by atomic mass is 19.1. The van der Waals surface area contributed by atoms with Crippen molar-refractivity contribution in [3.63, 3.8) is 0 Å². The van der Waals surface area contributed by atoms with Crippen molar-refractivity contribution in [3.8, 4) is 0 Å². The summed E-state index contributed by atoms with van der Waals surface area (Å²) >= 11 is 0. The Kier molecular flexibility index (Phi) is 4.43. The van der Waals surface area contributed by atoms with Crippen LogP contribution in [0.4, 0.5) is 8.78 Å². The molecule has 0 amide bonds. The maximum Gasteiger partial charge on any atom is 0.316 e. The van der Waals surface area contributed by atoms with Crippen molar-refractivity contribution in [1.29, 1.82) is 0 Å². The topological polar surface area (TPSA) is 26.3 Å². The van der Waals surface area contributed by atoms with E-state index in [0.29, 0.717) is 0 Å². The van der Waals surface area contributed by atoms with Gasteiger partial charge in [-0.05, 0) is 38.0 Å². The van der Waals surface area contributed by atoms with Crippen molar-refractivity contribution < 1.29 is 18.3 Å². The van der Waals surface area contributed by atoms with Gasteiger partial charge in [0, 0.05) is 5.56 Å². The molecule has 100 valence electrons. The zero-order valence-electron chi connectivity index (χ0n) is 11.1. The van der Waals surface area contributed by atoms with E-state index in [2.05, 4.69) is 0 Å². The van der Waals surface area contributed by atoms with Crippen LogP contribution in [0.5, 0.6) is 0 Å². The van der Waals surface area contributed by atoms with Crippen molar-refractivity contribution in [3.05, 3.63) is 35.4 Å². The Labute approximate surface area is 106 Å². The number of benzene rings is 1. The van der Waals surface area contributed by atoms with E-state index in [0.717, 1.165) is 18.2 Å². The Morgan fingerprint density at radius 3 is 2.50 bits per heavy atom. The first-order valence-electron chi connectivity index (χ1n) is 5.96.